The van der Waals surface area contributed by atoms with Crippen molar-refractivity contribution >= 4 is 0 Å². The zero-order valence-corrected chi connectivity index (χ0v) is 10.9. The van der Waals surface area contributed by atoms with Gasteiger partial charge in [0.1, 0.15) is 18.5 Å². The number of likely N-dealkylation sites (N-methyl/N-ethyl adjacent to an activating group) is 1. The summed E-state index contributed by atoms with van der Waals surface area (Å²) in [4.78, 5) is 0.979. The molecule has 0 saturated heterocycles. The Balaban J connectivity index is 2.35. The summed E-state index contributed by atoms with van der Waals surface area (Å²) >= 11 is 0. The van der Waals surface area contributed by atoms with Crippen molar-refractivity contribution in [2.75, 3.05) is 26.7 Å². The average molecular weight is 288 g/mol. The van der Waals surface area contributed by atoms with E-state index in [0.717, 1.165) is 4.90 Å². The fourth-order valence-corrected chi connectivity index (χ4v) is 1.60. The first kappa shape index (κ1) is 16.3. The standard InChI is InChI=1S/C13H15F3N2O2/c1-18(9-13(14,15)16)7-11(19)8-20-12-4-2-10(6-17)3-5-12/h2-5,11,19H,7-9H2,1H3. The van der Waals surface area contributed by atoms with Gasteiger partial charge in [-0.25, -0.2) is 0 Å². The molecule has 4 nitrogen and oxygen atoms in total. The Morgan fingerprint density at radius 2 is 1.95 bits per heavy atom. The quantitative estimate of drug-likeness (QED) is 0.867. The van der Waals surface area contributed by atoms with Crippen LogP contribution in [0.2, 0.25) is 0 Å². The highest BCUT2D eigenvalue weighted by Gasteiger charge is 2.29. The van der Waals surface area contributed by atoms with Gasteiger partial charge in [0.2, 0.25) is 0 Å². The number of nitriles is 1. The third-order valence-corrected chi connectivity index (χ3v) is 2.40. The summed E-state index contributed by atoms with van der Waals surface area (Å²) in [6.45, 7) is -1.34. The topological polar surface area (TPSA) is 56.5 Å². The number of nitrogens with zero attached hydrogens (tertiary/aromatic N) is 2. The van der Waals surface area contributed by atoms with Crippen LogP contribution in [-0.4, -0.2) is 49.0 Å². The van der Waals surface area contributed by atoms with E-state index in [0.29, 0.717) is 11.3 Å². The number of alkyl halides is 3. The van der Waals surface area contributed by atoms with Gasteiger partial charge in [-0.2, -0.15) is 18.4 Å². The van der Waals surface area contributed by atoms with Gasteiger partial charge in [-0.05, 0) is 31.3 Å². The van der Waals surface area contributed by atoms with Crippen LogP contribution in [0.1, 0.15) is 5.56 Å². The fourth-order valence-electron chi connectivity index (χ4n) is 1.60. The molecule has 0 bridgehead atoms. The van der Waals surface area contributed by atoms with E-state index in [1.54, 1.807) is 24.3 Å². The van der Waals surface area contributed by atoms with E-state index < -0.39 is 18.8 Å². The van der Waals surface area contributed by atoms with Crippen LogP contribution in [0, 0.1) is 11.3 Å². The molecule has 1 unspecified atom stereocenters. The Labute approximate surface area is 115 Å². The number of benzene rings is 1. The van der Waals surface area contributed by atoms with E-state index in [2.05, 4.69) is 0 Å². The molecule has 1 atom stereocenters. The van der Waals surface area contributed by atoms with E-state index in [1.165, 1.54) is 7.05 Å². The molecule has 1 rings (SSSR count). The zero-order chi connectivity index (χ0) is 15.2. The Bertz CT molecular complexity index is 454. The number of halogens is 3. The Morgan fingerprint density at radius 1 is 1.35 bits per heavy atom. The van der Waals surface area contributed by atoms with Gasteiger partial charge in [0.05, 0.1) is 18.2 Å². The molecule has 1 aromatic rings. The van der Waals surface area contributed by atoms with Crippen molar-refractivity contribution < 1.29 is 23.0 Å². The molecule has 0 aliphatic rings. The van der Waals surface area contributed by atoms with Gasteiger partial charge in [-0.15, -0.1) is 0 Å². The predicted molar refractivity (Wildman–Crippen MR) is 66.2 cm³/mol. The van der Waals surface area contributed by atoms with Gasteiger partial charge < -0.3 is 9.84 Å². The summed E-state index contributed by atoms with van der Waals surface area (Å²) in [6, 6.07) is 8.18. The lowest BCUT2D eigenvalue weighted by Gasteiger charge is -2.21. The third kappa shape index (κ3) is 6.41. The zero-order valence-electron chi connectivity index (χ0n) is 10.9. The second-order valence-corrected chi connectivity index (χ2v) is 4.41. The number of hydrogen-bond donors (Lipinski definition) is 1. The number of rotatable bonds is 6. The number of aliphatic hydroxyl groups excluding tert-OH is 1. The van der Waals surface area contributed by atoms with Crippen molar-refractivity contribution in [2.24, 2.45) is 0 Å². The molecule has 1 N–H and O–H groups in total. The van der Waals surface area contributed by atoms with Gasteiger partial charge >= 0.3 is 6.18 Å². The molecule has 110 valence electrons. The highest BCUT2D eigenvalue weighted by atomic mass is 19.4. The van der Waals surface area contributed by atoms with Gasteiger partial charge in [0, 0.05) is 6.54 Å². The molecule has 0 amide bonds. The maximum Gasteiger partial charge on any atom is 0.401 e. The van der Waals surface area contributed by atoms with Crippen LogP contribution in [0.25, 0.3) is 0 Å². The minimum absolute atomic E-state index is 0.117. The van der Waals surface area contributed by atoms with Crippen LogP contribution in [0.5, 0.6) is 5.75 Å². The van der Waals surface area contributed by atoms with Crippen molar-refractivity contribution in [3.05, 3.63) is 29.8 Å². The van der Waals surface area contributed by atoms with Crippen LogP contribution in [0.15, 0.2) is 24.3 Å². The Morgan fingerprint density at radius 3 is 2.45 bits per heavy atom. The van der Waals surface area contributed by atoms with Crippen molar-refractivity contribution in [1.82, 2.24) is 4.90 Å². The number of hydrogen-bond acceptors (Lipinski definition) is 4. The monoisotopic (exact) mass is 288 g/mol. The molecular formula is C13H15F3N2O2. The number of aliphatic hydroxyl groups is 1. The van der Waals surface area contributed by atoms with E-state index in [4.69, 9.17) is 10.00 Å². The molecule has 0 spiro atoms. The SMILES string of the molecule is CN(CC(O)COc1ccc(C#N)cc1)CC(F)(F)F. The van der Waals surface area contributed by atoms with Gasteiger partial charge in [-0.1, -0.05) is 0 Å². The van der Waals surface area contributed by atoms with Gasteiger partial charge in [0.25, 0.3) is 0 Å². The molecule has 0 aliphatic heterocycles. The molecule has 0 fully saturated rings. The van der Waals surface area contributed by atoms with E-state index in [-0.39, 0.29) is 13.2 Å². The first-order valence-electron chi connectivity index (χ1n) is 5.86. The Kier molecular flexibility index (Phi) is 5.80. The van der Waals surface area contributed by atoms with Crippen molar-refractivity contribution in [3.8, 4) is 11.8 Å². The van der Waals surface area contributed by atoms with Gasteiger partial charge in [-0.3, -0.25) is 4.90 Å². The van der Waals surface area contributed by atoms with Crippen LogP contribution in [-0.2, 0) is 0 Å². The average Bonchev–Trinajstić information content (AvgIpc) is 2.34. The lowest BCUT2D eigenvalue weighted by atomic mass is 10.2. The normalized spacial score (nSPS) is 13.1. The molecule has 0 heterocycles. The highest BCUT2D eigenvalue weighted by molar-refractivity contribution is 5.34. The summed E-state index contributed by atoms with van der Waals surface area (Å²) in [5.74, 6) is 0.446. The molecule has 20 heavy (non-hydrogen) atoms. The first-order chi connectivity index (χ1) is 9.30. The first-order valence-corrected chi connectivity index (χ1v) is 5.86. The molecule has 1 aromatic carbocycles. The van der Waals surface area contributed by atoms with Crippen molar-refractivity contribution in [1.29, 1.82) is 5.26 Å². The highest BCUT2D eigenvalue weighted by Crippen LogP contribution is 2.16. The lowest BCUT2D eigenvalue weighted by Crippen LogP contribution is -2.38. The minimum Gasteiger partial charge on any atom is -0.491 e. The van der Waals surface area contributed by atoms with E-state index >= 15 is 0 Å². The summed E-state index contributed by atoms with van der Waals surface area (Å²) in [6.07, 6.45) is -5.32. The van der Waals surface area contributed by atoms with Crippen LogP contribution >= 0.6 is 0 Å². The van der Waals surface area contributed by atoms with Gasteiger partial charge in [0.15, 0.2) is 0 Å². The Hall–Kier alpha value is -1.78. The molecule has 0 radical (unpaired) electrons. The molecule has 0 aliphatic carbocycles. The minimum atomic E-state index is -4.29. The van der Waals surface area contributed by atoms with E-state index in [9.17, 15) is 18.3 Å². The van der Waals surface area contributed by atoms with Crippen molar-refractivity contribution in [3.63, 3.8) is 0 Å². The second-order valence-electron chi connectivity index (χ2n) is 4.41. The molecule has 0 aromatic heterocycles. The summed E-state index contributed by atoms with van der Waals surface area (Å²) in [5, 5.41) is 18.2. The lowest BCUT2D eigenvalue weighted by molar-refractivity contribution is -0.145. The summed E-state index contributed by atoms with van der Waals surface area (Å²) in [7, 11) is 1.28. The predicted octanol–water partition coefficient (Wildman–Crippen LogP) is 1.79. The second kappa shape index (κ2) is 7.12. The van der Waals surface area contributed by atoms with Crippen LogP contribution in [0.3, 0.4) is 0 Å². The molecular weight excluding hydrogens is 273 g/mol. The smallest absolute Gasteiger partial charge is 0.401 e. The third-order valence-electron chi connectivity index (χ3n) is 2.40. The summed E-state index contributed by atoms with van der Waals surface area (Å²) in [5.41, 5.74) is 0.475. The van der Waals surface area contributed by atoms with E-state index in [1.807, 2.05) is 6.07 Å². The largest absolute Gasteiger partial charge is 0.491 e. The fraction of sp³-hybridized carbons (Fsp3) is 0.462. The maximum atomic E-state index is 12.1. The van der Waals surface area contributed by atoms with Crippen LogP contribution < -0.4 is 4.74 Å². The van der Waals surface area contributed by atoms with Crippen molar-refractivity contribution in [2.45, 2.75) is 12.3 Å². The molecule has 7 heteroatoms. The molecule has 0 saturated carbocycles. The summed E-state index contributed by atoms with van der Waals surface area (Å²) < 4.78 is 41.5. The maximum absolute atomic E-state index is 12.1. The number of ether oxygens (including phenoxy) is 1. The van der Waals surface area contributed by atoms with Crippen LogP contribution in [0.4, 0.5) is 13.2 Å².